The molecule has 0 rings (SSSR count). The Morgan fingerprint density at radius 2 is 1.16 bits per heavy atom. The van der Waals surface area contributed by atoms with Gasteiger partial charge in [-0.05, 0) is 26.2 Å². The maximum Gasteiger partial charge on any atom is 0.219 e. The Morgan fingerprint density at radius 1 is 0.842 bits per heavy atom. The topological polar surface area (TPSA) is 67.4 Å². The zero-order chi connectivity index (χ0) is 15.1. The predicted molar refractivity (Wildman–Crippen MR) is 82.7 cm³/mol. The summed E-state index contributed by atoms with van der Waals surface area (Å²) in [5.74, 6) is 0.117. The molecule has 0 bridgehead atoms. The van der Waals surface area contributed by atoms with Crippen molar-refractivity contribution in [2.45, 2.75) is 52.9 Å². The lowest BCUT2D eigenvalue weighted by Crippen LogP contribution is -2.55. The first-order valence-corrected chi connectivity index (χ1v) is 13.1. The Morgan fingerprint density at radius 3 is 1.42 bits per heavy atom. The van der Waals surface area contributed by atoms with Crippen molar-refractivity contribution in [1.29, 1.82) is 0 Å². The number of rotatable bonds is 8. The molecule has 112 valence electrons. The molecule has 2 N–H and O–H groups in total. The molecule has 0 aromatic heterocycles. The van der Waals surface area contributed by atoms with Crippen molar-refractivity contribution in [3.63, 3.8) is 0 Å². The number of carbonyl (C=O) groups is 2. The minimum absolute atomic E-state index is 0.0583. The van der Waals surface area contributed by atoms with E-state index in [1.165, 1.54) is 0 Å². The fraction of sp³-hybridized carbons (Fsp3) is 0.833. The van der Waals surface area contributed by atoms with Gasteiger partial charge in [-0.25, -0.2) is 0 Å². The molecule has 7 heteroatoms. The largest absolute Gasteiger partial charge is 0.453 e. The highest BCUT2D eigenvalue weighted by Crippen LogP contribution is 2.13. The second-order valence-electron chi connectivity index (χ2n) is 5.88. The van der Waals surface area contributed by atoms with E-state index in [9.17, 15) is 9.59 Å². The van der Waals surface area contributed by atoms with E-state index in [1.807, 2.05) is 13.8 Å². The average Bonchev–Trinajstić information content (AvgIpc) is 2.31. The van der Waals surface area contributed by atoms with E-state index in [0.717, 1.165) is 0 Å². The first-order valence-electron chi connectivity index (χ1n) is 6.85. The van der Waals surface area contributed by atoms with E-state index in [2.05, 4.69) is 36.8 Å². The molecule has 19 heavy (non-hydrogen) atoms. The molecule has 0 aliphatic rings. The third-order valence-electron chi connectivity index (χ3n) is 2.62. The summed E-state index contributed by atoms with van der Waals surface area (Å²) in [6.45, 7) is 12.1. The van der Waals surface area contributed by atoms with E-state index in [1.54, 1.807) is 0 Å². The van der Waals surface area contributed by atoms with Crippen LogP contribution in [0.5, 0.6) is 0 Å². The van der Waals surface area contributed by atoms with E-state index < -0.39 is 16.6 Å². The Bertz CT molecular complexity index is 290. The lowest BCUT2D eigenvalue weighted by molar-refractivity contribution is -0.121. The Balaban J connectivity index is 4.28. The second-order valence-corrected chi connectivity index (χ2v) is 14.4. The molecule has 0 atom stereocenters. The summed E-state index contributed by atoms with van der Waals surface area (Å²) in [4.78, 5) is 22.6. The fourth-order valence-corrected chi connectivity index (χ4v) is 9.50. The van der Waals surface area contributed by atoms with Gasteiger partial charge in [-0.3, -0.25) is 9.59 Å². The van der Waals surface area contributed by atoms with Gasteiger partial charge in [-0.15, -0.1) is 0 Å². The van der Waals surface area contributed by atoms with Crippen LogP contribution in [0.25, 0.3) is 0 Å². The third-order valence-corrected chi connectivity index (χ3v) is 9.09. The number of carbonyl (C=O) groups excluding carboxylic acids is 2. The van der Waals surface area contributed by atoms with Crippen molar-refractivity contribution in [3.05, 3.63) is 0 Å². The van der Waals surface area contributed by atoms with Gasteiger partial charge in [0.25, 0.3) is 0 Å². The van der Waals surface area contributed by atoms with Crippen LogP contribution in [0.3, 0.4) is 0 Å². The predicted octanol–water partition coefficient (Wildman–Crippen LogP) is 1.54. The smallest absolute Gasteiger partial charge is 0.219 e. The standard InChI is InChI=1S/C12H28N2O3Si2/c1-7-11(15)13-9-18(3,4)17-19(5,6)10-14-12(16)8-2/h7-10H2,1-6H3,(H,13,15)(H,14,16). The number of nitrogens with one attached hydrogen (secondary N) is 2. The summed E-state index contributed by atoms with van der Waals surface area (Å²) >= 11 is 0. The molecule has 0 saturated carbocycles. The van der Waals surface area contributed by atoms with E-state index in [4.69, 9.17) is 4.12 Å². The number of hydrogen-bond acceptors (Lipinski definition) is 3. The van der Waals surface area contributed by atoms with Crippen molar-refractivity contribution in [1.82, 2.24) is 10.6 Å². The summed E-state index contributed by atoms with van der Waals surface area (Å²) in [6.07, 6.45) is 2.24. The highest BCUT2D eigenvalue weighted by molar-refractivity contribution is 6.85. The molecule has 0 spiro atoms. The van der Waals surface area contributed by atoms with E-state index in [0.29, 0.717) is 25.2 Å². The van der Waals surface area contributed by atoms with Crippen molar-refractivity contribution >= 4 is 28.4 Å². The zero-order valence-electron chi connectivity index (χ0n) is 13.1. The summed E-state index contributed by atoms with van der Waals surface area (Å²) in [7, 11) is -3.84. The zero-order valence-corrected chi connectivity index (χ0v) is 15.1. The molecule has 2 amide bonds. The van der Waals surface area contributed by atoms with Crippen LogP contribution in [0.1, 0.15) is 26.7 Å². The molecule has 0 aliphatic carbocycles. The van der Waals surface area contributed by atoms with Gasteiger partial charge < -0.3 is 14.7 Å². The first-order chi connectivity index (χ1) is 8.62. The molecular formula is C12H28N2O3Si2. The van der Waals surface area contributed by atoms with Gasteiger partial charge in [0.1, 0.15) is 0 Å². The van der Waals surface area contributed by atoms with Crippen LogP contribution in [0.15, 0.2) is 0 Å². The van der Waals surface area contributed by atoms with Crippen LogP contribution < -0.4 is 10.6 Å². The van der Waals surface area contributed by atoms with Crippen LogP contribution >= 0.6 is 0 Å². The molecule has 0 aliphatic heterocycles. The highest BCUT2D eigenvalue weighted by Gasteiger charge is 2.33. The van der Waals surface area contributed by atoms with Crippen LogP contribution in [0, 0.1) is 0 Å². The SMILES string of the molecule is CCC(=O)NC[Si](C)(C)O[Si](C)(C)CNC(=O)CC. The van der Waals surface area contributed by atoms with Gasteiger partial charge in [-0.1, -0.05) is 13.8 Å². The van der Waals surface area contributed by atoms with Gasteiger partial charge in [0, 0.05) is 25.2 Å². The lowest BCUT2D eigenvalue weighted by atomic mass is 10.5. The van der Waals surface area contributed by atoms with Gasteiger partial charge in [0.05, 0.1) is 0 Å². The summed E-state index contributed by atoms with van der Waals surface area (Å²) in [5.41, 5.74) is 0. The maximum atomic E-state index is 11.3. The van der Waals surface area contributed by atoms with Crippen molar-refractivity contribution < 1.29 is 13.7 Å². The van der Waals surface area contributed by atoms with Gasteiger partial charge in [-0.2, -0.15) is 0 Å². The monoisotopic (exact) mass is 304 g/mol. The van der Waals surface area contributed by atoms with Gasteiger partial charge >= 0.3 is 0 Å². The van der Waals surface area contributed by atoms with E-state index >= 15 is 0 Å². The van der Waals surface area contributed by atoms with Crippen molar-refractivity contribution in [2.75, 3.05) is 12.3 Å². The van der Waals surface area contributed by atoms with Crippen LogP contribution in [0.4, 0.5) is 0 Å². The molecule has 0 radical (unpaired) electrons. The lowest BCUT2D eigenvalue weighted by Gasteiger charge is -2.34. The van der Waals surface area contributed by atoms with Gasteiger partial charge in [0.15, 0.2) is 16.6 Å². The molecular weight excluding hydrogens is 276 g/mol. The maximum absolute atomic E-state index is 11.3. The third kappa shape index (κ3) is 8.95. The fourth-order valence-electron chi connectivity index (χ4n) is 1.69. The van der Waals surface area contributed by atoms with Gasteiger partial charge in [0.2, 0.25) is 11.8 Å². The normalized spacial score (nSPS) is 12.1. The molecule has 0 aromatic carbocycles. The minimum atomic E-state index is -1.92. The van der Waals surface area contributed by atoms with Crippen molar-refractivity contribution in [2.24, 2.45) is 0 Å². The molecule has 0 heterocycles. The van der Waals surface area contributed by atoms with Crippen LogP contribution in [-0.2, 0) is 13.7 Å². The van der Waals surface area contributed by atoms with Crippen LogP contribution in [-0.4, -0.2) is 40.8 Å². The van der Waals surface area contributed by atoms with Crippen LogP contribution in [0.2, 0.25) is 26.2 Å². The second kappa shape index (κ2) is 7.81. The molecule has 0 fully saturated rings. The Hall–Kier alpha value is -0.666. The quantitative estimate of drug-likeness (QED) is 0.669. The number of hydrogen-bond donors (Lipinski definition) is 2. The highest BCUT2D eigenvalue weighted by atomic mass is 28.4. The molecule has 5 nitrogen and oxygen atoms in total. The first kappa shape index (κ1) is 18.3. The van der Waals surface area contributed by atoms with Crippen molar-refractivity contribution in [3.8, 4) is 0 Å². The summed E-state index contributed by atoms with van der Waals surface area (Å²) < 4.78 is 6.26. The minimum Gasteiger partial charge on any atom is -0.453 e. The Labute approximate surface area is 118 Å². The molecule has 0 saturated heterocycles. The molecule has 0 unspecified atom stereocenters. The molecule has 0 aromatic rings. The summed E-state index contributed by atoms with van der Waals surface area (Å²) in [6, 6.07) is 0. The average molecular weight is 305 g/mol. The number of amides is 2. The van der Waals surface area contributed by atoms with E-state index in [-0.39, 0.29) is 11.8 Å². The Kier molecular flexibility index (Phi) is 7.54. The summed E-state index contributed by atoms with van der Waals surface area (Å²) in [5, 5.41) is 5.81.